The van der Waals surface area contributed by atoms with Crippen molar-refractivity contribution in [2.24, 2.45) is 0 Å². The molecule has 1 aromatic heterocycles. The van der Waals surface area contributed by atoms with Gasteiger partial charge in [0.2, 0.25) is 0 Å². The molecular weight excluding hydrogens is 428 g/mol. The Kier molecular flexibility index (Phi) is 6.50. The second kappa shape index (κ2) is 9.71. The van der Waals surface area contributed by atoms with Crippen molar-refractivity contribution in [3.8, 4) is 11.5 Å². The predicted octanol–water partition coefficient (Wildman–Crippen LogP) is 4.50. The number of methoxy groups -OCH3 is 1. The van der Waals surface area contributed by atoms with Gasteiger partial charge >= 0.3 is 5.63 Å². The zero-order chi connectivity index (χ0) is 23.7. The standard InChI is InChI=1S/C28H34N2O4/c1-19-7-4-10-24(20(19)2)30-14-12-29(13-15-30)11-6-16-33-27-17-23-21-8-5-9-22(21)28(31)34-25(23)18-26(27)32-3/h4,7,10,17-18H,5-6,8-9,11-16H2,1-3H3. The van der Waals surface area contributed by atoms with Gasteiger partial charge in [-0.1, -0.05) is 12.1 Å². The lowest BCUT2D eigenvalue weighted by Crippen LogP contribution is -2.47. The summed E-state index contributed by atoms with van der Waals surface area (Å²) >= 11 is 0. The van der Waals surface area contributed by atoms with Crippen LogP contribution < -0.4 is 20.0 Å². The van der Waals surface area contributed by atoms with Gasteiger partial charge in [-0.15, -0.1) is 0 Å². The molecule has 6 nitrogen and oxygen atoms in total. The summed E-state index contributed by atoms with van der Waals surface area (Å²) in [4.78, 5) is 17.3. The summed E-state index contributed by atoms with van der Waals surface area (Å²) in [5.74, 6) is 1.33. The molecule has 0 bridgehead atoms. The Balaban J connectivity index is 1.17. The van der Waals surface area contributed by atoms with E-state index in [-0.39, 0.29) is 5.63 Å². The smallest absolute Gasteiger partial charge is 0.339 e. The average Bonchev–Trinajstić information content (AvgIpc) is 3.35. The Morgan fingerprint density at radius 1 is 1.00 bits per heavy atom. The van der Waals surface area contributed by atoms with Crippen LogP contribution in [0, 0.1) is 13.8 Å². The second-order valence-corrected chi connectivity index (χ2v) is 9.45. The van der Waals surface area contributed by atoms with Crippen LogP contribution in [-0.2, 0) is 12.8 Å². The predicted molar refractivity (Wildman–Crippen MR) is 136 cm³/mol. The third-order valence-corrected chi connectivity index (χ3v) is 7.42. The summed E-state index contributed by atoms with van der Waals surface area (Å²) in [6.45, 7) is 10.3. The van der Waals surface area contributed by atoms with Crippen LogP contribution in [0.2, 0.25) is 0 Å². The molecule has 34 heavy (non-hydrogen) atoms. The number of nitrogens with zero attached hydrogens (tertiary/aromatic N) is 2. The monoisotopic (exact) mass is 462 g/mol. The minimum atomic E-state index is -0.214. The zero-order valence-electron chi connectivity index (χ0n) is 20.5. The van der Waals surface area contributed by atoms with Gasteiger partial charge in [0.15, 0.2) is 11.5 Å². The van der Waals surface area contributed by atoms with E-state index < -0.39 is 0 Å². The van der Waals surface area contributed by atoms with Crippen molar-refractivity contribution in [3.05, 3.63) is 63.0 Å². The number of ether oxygens (including phenoxy) is 2. The normalized spacial score (nSPS) is 16.1. The maximum Gasteiger partial charge on any atom is 0.339 e. The van der Waals surface area contributed by atoms with E-state index in [2.05, 4.69) is 41.8 Å². The summed E-state index contributed by atoms with van der Waals surface area (Å²) in [7, 11) is 1.62. The molecule has 1 saturated heterocycles. The van der Waals surface area contributed by atoms with Crippen molar-refractivity contribution in [1.82, 2.24) is 4.90 Å². The van der Waals surface area contributed by atoms with Gasteiger partial charge in [-0.2, -0.15) is 0 Å². The van der Waals surface area contributed by atoms with Gasteiger partial charge in [-0.25, -0.2) is 4.79 Å². The Morgan fingerprint density at radius 2 is 1.79 bits per heavy atom. The SMILES string of the molecule is COc1cc2oc(=O)c3c(c2cc1OCCCN1CCN(c2cccc(C)c2C)CC1)CCC3. The van der Waals surface area contributed by atoms with Gasteiger partial charge in [0.05, 0.1) is 13.7 Å². The van der Waals surface area contributed by atoms with E-state index in [1.54, 1.807) is 13.2 Å². The number of anilines is 1. The van der Waals surface area contributed by atoms with Crippen LogP contribution in [0.4, 0.5) is 5.69 Å². The van der Waals surface area contributed by atoms with E-state index in [0.717, 1.165) is 80.7 Å². The molecule has 1 aliphatic carbocycles. The van der Waals surface area contributed by atoms with Crippen LogP contribution in [0.5, 0.6) is 11.5 Å². The molecule has 0 amide bonds. The van der Waals surface area contributed by atoms with E-state index >= 15 is 0 Å². The number of fused-ring (bicyclic) bond motifs is 3. The maximum absolute atomic E-state index is 12.3. The van der Waals surface area contributed by atoms with Gasteiger partial charge in [-0.3, -0.25) is 4.90 Å². The number of piperazine rings is 1. The van der Waals surface area contributed by atoms with Crippen LogP contribution in [0.1, 0.15) is 35.1 Å². The summed E-state index contributed by atoms with van der Waals surface area (Å²) in [6.07, 6.45) is 3.66. The molecule has 5 rings (SSSR count). The number of hydrogen-bond acceptors (Lipinski definition) is 6. The molecule has 1 fully saturated rings. The van der Waals surface area contributed by atoms with E-state index in [1.165, 1.54) is 16.8 Å². The van der Waals surface area contributed by atoms with Gasteiger partial charge in [0, 0.05) is 55.4 Å². The molecule has 2 aliphatic rings. The zero-order valence-corrected chi connectivity index (χ0v) is 20.5. The van der Waals surface area contributed by atoms with E-state index in [1.807, 2.05) is 6.07 Å². The van der Waals surface area contributed by atoms with Crippen molar-refractivity contribution >= 4 is 16.7 Å². The van der Waals surface area contributed by atoms with Crippen molar-refractivity contribution < 1.29 is 13.9 Å². The molecule has 1 aliphatic heterocycles. The minimum Gasteiger partial charge on any atom is -0.493 e. The molecular formula is C28H34N2O4. The fourth-order valence-electron chi connectivity index (χ4n) is 5.32. The van der Waals surface area contributed by atoms with Crippen LogP contribution in [-0.4, -0.2) is 51.3 Å². The fourth-order valence-corrected chi connectivity index (χ4v) is 5.32. The molecule has 2 heterocycles. The summed E-state index contributed by atoms with van der Waals surface area (Å²) < 4.78 is 17.2. The molecule has 180 valence electrons. The Labute approximate surface area is 201 Å². The highest BCUT2D eigenvalue weighted by Crippen LogP contribution is 2.36. The first-order chi connectivity index (χ1) is 16.5. The number of rotatable bonds is 7. The Morgan fingerprint density at radius 3 is 2.59 bits per heavy atom. The van der Waals surface area contributed by atoms with Gasteiger partial charge in [0.1, 0.15) is 5.58 Å². The highest BCUT2D eigenvalue weighted by molar-refractivity contribution is 5.85. The Hall–Kier alpha value is -2.99. The molecule has 6 heteroatoms. The van der Waals surface area contributed by atoms with Gasteiger partial charge in [-0.05, 0) is 68.4 Å². The molecule has 0 atom stereocenters. The maximum atomic E-state index is 12.3. The molecule has 0 saturated carbocycles. The molecule has 0 radical (unpaired) electrons. The number of benzene rings is 2. The van der Waals surface area contributed by atoms with E-state index in [4.69, 9.17) is 13.9 Å². The first-order valence-electron chi connectivity index (χ1n) is 12.4. The van der Waals surface area contributed by atoms with Crippen molar-refractivity contribution in [2.75, 3.05) is 51.3 Å². The summed E-state index contributed by atoms with van der Waals surface area (Å²) in [6, 6.07) is 10.4. The van der Waals surface area contributed by atoms with Crippen molar-refractivity contribution in [1.29, 1.82) is 0 Å². The largest absolute Gasteiger partial charge is 0.493 e. The first kappa shape index (κ1) is 22.8. The minimum absolute atomic E-state index is 0.214. The van der Waals surface area contributed by atoms with Crippen molar-refractivity contribution in [3.63, 3.8) is 0 Å². The molecule has 0 spiro atoms. The number of hydrogen-bond donors (Lipinski definition) is 0. The molecule has 3 aromatic rings. The van der Waals surface area contributed by atoms with Crippen LogP contribution in [0.25, 0.3) is 11.0 Å². The lowest BCUT2D eigenvalue weighted by Gasteiger charge is -2.37. The Bertz CT molecular complexity index is 1240. The first-order valence-corrected chi connectivity index (χ1v) is 12.4. The topological polar surface area (TPSA) is 55.2 Å². The van der Waals surface area contributed by atoms with Gasteiger partial charge in [0.25, 0.3) is 0 Å². The third kappa shape index (κ3) is 4.39. The highest BCUT2D eigenvalue weighted by Gasteiger charge is 2.22. The summed E-state index contributed by atoms with van der Waals surface area (Å²) in [5, 5.41) is 0.977. The van der Waals surface area contributed by atoms with E-state index in [0.29, 0.717) is 17.9 Å². The molecule has 0 N–H and O–H groups in total. The van der Waals surface area contributed by atoms with Gasteiger partial charge < -0.3 is 18.8 Å². The van der Waals surface area contributed by atoms with Crippen LogP contribution in [0.15, 0.2) is 39.5 Å². The highest BCUT2D eigenvalue weighted by atomic mass is 16.5. The van der Waals surface area contributed by atoms with E-state index in [9.17, 15) is 4.79 Å². The molecule has 2 aromatic carbocycles. The summed E-state index contributed by atoms with van der Waals surface area (Å²) in [5.41, 5.74) is 6.41. The fraction of sp³-hybridized carbons (Fsp3) is 0.464. The average molecular weight is 463 g/mol. The number of aryl methyl sites for hydroxylation is 2. The lowest BCUT2D eigenvalue weighted by molar-refractivity contribution is 0.221. The van der Waals surface area contributed by atoms with Crippen LogP contribution >= 0.6 is 0 Å². The van der Waals surface area contributed by atoms with Crippen LogP contribution in [0.3, 0.4) is 0 Å². The lowest BCUT2D eigenvalue weighted by atomic mass is 10.1. The quantitative estimate of drug-likeness (QED) is 0.381. The molecule has 0 unspecified atom stereocenters. The second-order valence-electron chi connectivity index (χ2n) is 9.45. The third-order valence-electron chi connectivity index (χ3n) is 7.42. The van der Waals surface area contributed by atoms with Crippen molar-refractivity contribution in [2.45, 2.75) is 39.5 Å².